The van der Waals surface area contributed by atoms with Gasteiger partial charge in [0.2, 0.25) is 0 Å². The van der Waals surface area contributed by atoms with Crippen molar-refractivity contribution >= 4 is 28.6 Å². The molecular formula is C30H25FN4O4. The van der Waals surface area contributed by atoms with Crippen molar-refractivity contribution in [3.8, 4) is 17.2 Å². The molecule has 0 saturated carbocycles. The number of esters is 1. The van der Waals surface area contributed by atoms with Crippen LogP contribution in [0.15, 0.2) is 79.0 Å². The van der Waals surface area contributed by atoms with Gasteiger partial charge in [-0.3, -0.25) is 14.3 Å². The van der Waals surface area contributed by atoms with Crippen molar-refractivity contribution in [2.75, 3.05) is 11.9 Å². The second-order valence-corrected chi connectivity index (χ2v) is 8.80. The number of pyridine rings is 1. The molecule has 0 aliphatic carbocycles. The molecule has 39 heavy (non-hydrogen) atoms. The Morgan fingerprint density at radius 2 is 1.77 bits per heavy atom. The summed E-state index contributed by atoms with van der Waals surface area (Å²) in [6, 6.07) is 19.5. The highest BCUT2D eigenvalue weighted by atomic mass is 19.1. The van der Waals surface area contributed by atoms with E-state index in [1.165, 1.54) is 18.2 Å². The van der Waals surface area contributed by atoms with Crippen LogP contribution < -0.4 is 10.1 Å². The number of carbonyl (C=O) groups is 2. The van der Waals surface area contributed by atoms with Crippen molar-refractivity contribution in [1.82, 2.24) is 14.5 Å². The van der Waals surface area contributed by atoms with E-state index >= 15 is 0 Å². The van der Waals surface area contributed by atoms with Gasteiger partial charge in [0.1, 0.15) is 28.7 Å². The smallest absolute Gasteiger partial charge is 0.342 e. The van der Waals surface area contributed by atoms with Gasteiger partial charge in [-0.25, -0.2) is 14.2 Å². The molecule has 1 N–H and O–H groups in total. The zero-order valence-electron chi connectivity index (χ0n) is 21.6. The molecule has 0 spiro atoms. The minimum Gasteiger partial charge on any atom is -0.462 e. The molecule has 8 nitrogen and oxygen atoms in total. The van der Waals surface area contributed by atoms with Gasteiger partial charge in [-0.15, -0.1) is 0 Å². The fraction of sp³-hybridized carbons (Fsp3) is 0.133. The van der Waals surface area contributed by atoms with Gasteiger partial charge in [-0.1, -0.05) is 0 Å². The normalized spacial score (nSPS) is 10.9. The van der Waals surface area contributed by atoms with Gasteiger partial charge in [-0.2, -0.15) is 0 Å². The third-order valence-corrected chi connectivity index (χ3v) is 6.01. The number of aryl methyl sites for hydroxylation is 2. The molecular weight excluding hydrogens is 499 g/mol. The molecule has 0 fully saturated rings. The van der Waals surface area contributed by atoms with Crippen molar-refractivity contribution in [1.29, 1.82) is 0 Å². The number of ether oxygens (including phenoxy) is 2. The summed E-state index contributed by atoms with van der Waals surface area (Å²) in [6.07, 6.45) is 1.56. The van der Waals surface area contributed by atoms with Gasteiger partial charge < -0.3 is 14.8 Å². The first-order valence-corrected chi connectivity index (χ1v) is 12.3. The molecule has 3 aromatic carbocycles. The van der Waals surface area contributed by atoms with E-state index in [0.717, 1.165) is 11.4 Å². The molecule has 0 atom stereocenters. The van der Waals surface area contributed by atoms with Crippen molar-refractivity contribution in [3.05, 3.63) is 107 Å². The van der Waals surface area contributed by atoms with E-state index in [4.69, 9.17) is 9.47 Å². The number of halogens is 1. The first-order valence-electron chi connectivity index (χ1n) is 12.3. The monoisotopic (exact) mass is 524 g/mol. The van der Waals surface area contributed by atoms with E-state index in [1.54, 1.807) is 67.7 Å². The van der Waals surface area contributed by atoms with Gasteiger partial charge in [0, 0.05) is 22.6 Å². The summed E-state index contributed by atoms with van der Waals surface area (Å²) in [5.74, 6) is 0.139. The molecule has 5 aromatic rings. The number of hydrogen-bond acceptors (Lipinski definition) is 6. The molecule has 2 aromatic heterocycles. The van der Waals surface area contributed by atoms with E-state index < -0.39 is 5.97 Å². The number of amides is 1. The van der Waals surface area contributed by atoms with Gasteiger partial charge in [0.15, 0.2) is 0 Å². The largest absolute Gasteiger partial charge is 0.462 e. The van der Waals surface area contributed by atoms with Gasteiger partial charge in [0.05, 0.1) is 23.8 Å². The third kappa shape index (κ3) is 5.47. The van der Waals surface area contributed by atoms with E-state index in [0.29, 0.717) is 33.9 Å². The van der Waals surface area contributed by atoms with E-state index in [1.807, 2.05) is 18.4 Å². The molecule has 0 unspecified atom stereocenters. The Morgan fingerprint density at radius 1 is 0.974 bits per heavy atom. The van der Waals surface area contributed by atoms with E-state index in [9.17, 15) is 14.0 Å². The summed E-state index contributed by atoms with van der Waals surface area (Å²) in [7, 11) is 0. The lowest BCUT2D eigenvalue weighted by Crippen LogP contribution is -2.13. The van der Waals surface area contributed by atoms with Crippen LogP contribution in [0.5, 0.6) is 11.5 Å². The summed E-state index contributed by atoms with van der Waals surface area (Å²) < 4.78 is 26.4. The first kappa shape index (κ1) is 25.6. The van der Waals surface area contributed by atoms with Gasteiger partial charge in [-0.05, 0) is 93.6 Å². The summed E-state index contributed by atoms with van der Waals surface area (Å²) in [5, 5.41) is 2.84. The topological polar surface area (TPSA) is 95.3 Å². The molecule has 0 aliphatic rings. The number of nitrogens with one attached hydrogen (secondary N) is 1. The lowest BCUT2D eigenvalue weighted by molar-refractivity contribution is 0.0523. The summed E-state index contributed by atoms with van der Waals surface area (Å²) >= 11 is 0. The SMILES string of the molecule is CCOC(=O)c1cc(NC(=O)c2ccc3nc(C)n(-c4ccc(F)cc4)c3c2)ccc1Oc1ccc(C)nc1. The molecule has 2 heterocycles. The Morgan fingerprint density at radius 3 is 2.49 bits per heavy atom. The second kappa shape index (κ2) is 10.7. The summed E-state index contributed by atoms with van der Waals surface area (Å²) in [6.45, 7) is 5.60. The third-order valence-electron chi connectivity index (χ3n) is 6.01. The minimum absolute atomic E-state index is 0.163. The molecule has 5 rings (SSSR count). The van der Waals surface area contributed by atoms with Crippen LogP contribution in [0.2, 0.25) is 0 Å². The van der Waals surface area contributed by atoms with Crippen LogP contribution in [-0.4, -0.2) is 33.0 Å². The molecule has 0 bridgehead atoms. The maximum atomic E-state index is 13.5. The Hall–Kier alpha value is -5.05. The number of anilines is 1. The Bertz CT molecular complexity index is 1680. The highest BCUT2D eigenvalue weighted by Crippen LogP contribution is 2.29. The molecule has 0 radical (unpaired) electrons. The number of imidazole rings is 1. The highest BCUT2D eigenvalue weighted by Gasteiger charge is 2.18. The predicted molar refractivity (Wildman–Crippen MR) is 145 cm³/mol. The standard InChI is InChI=1S/C30H25FN4O4/c1-4-38-30(37)25-16-22(9-14-28(25)39-24-12-5-18(2)32-17-24)34-29(36)20-6-13-26-27(15-20)35(19(3)33-26)23-10-7-21(31)8-11-23/h5-17H,4H2,1-3H3,(H,34,36). The van der Waals surface area contributed by atoms with Crippen LogP contribution in [0.25, 0.3) is 16.7 Å². The first-order chi connectivity index (χ1) is 18.8. The maximum Gasteiger partial charge on any atom is 0.342 e. The molecule has 196 valence electrons. The van der Waals surface area contributed by atoms with Crippen LogP contribution in [0.4, 0.5) is 10.1 Å². The van der Waals surface area contributed by atoms with Gasteiger partial charge in [0.25, 0.3) is 5.91 Å². The Kier molecular flexibility index (Phi) is 7.05. The predicted octanol–water partition coefficient (Wildman–Crippen LogP) is 6.40. The Labute approximate surface area is 224 Å². The lowest BCUT2D eigenvalue weighted by Gasteiger charge is -2.13. The maximum absolute atomic E-state index is 13.5. The van der Waals surface area contributed by atoms with Crippen LogP contribution in [-0.2, 0) is 4.74 Å². The van der Waals surface area contributed by atoms with Crippen molar-refractivity contribution < 1.29 is 23.5 Å². The van der Waals surface area contributed by atoms with Crippen molar-refractivity contribution in [2.24, 2.45) is 0 Å². The summed E-state index contributed by atoms with van der Waals surface area (Å²) in [5.41, 5.74) is 3.90. The van der Waals surface area contributed by atoms with E-state index in [2.05, 4.69) is 15.3 Å². The van der Waals surface area contributed by atoms with Crippen molar-refractivity contribution in [3.63, 3.8) is 0 Å². The quantitative estimate of drug-likeness (QED) is 0.248. The molecule has 0 aliphatic heterocycles. The number of nitrogens with zero attached hydrogens (tertiary/aromatic N) is 3. The fourth-order valence-electron chi connectivity index (χ4n) is 4.16. The fourth-order valence-corrected chi connectivity index (χ4v) is 4.16. The number of fused-ring (bicyclic) bond motifs is 1. The number of carbonyl (C=O) groups excluding carboxylic acids is 2. The van der Waals surface area contributed by atoms with Gasteiger partial charge >= 0.3 is 5.97 Å². The average Bonchev–Trinajstić information content (AvgIpc) is 3.26. The van der Waals surface area contributed by atoms with Crippen molar-refractivity contribution in [2.45, 2.75) is 20.8 Å². The lowest BCUT2D eigenvalue weighted by atomic mass is 10.1. The van der Waals surface area contributed by atoms with Crippen LogP contribution in [0.1, 0.15) is 39.2 Å². The van der Waals surface area contributed by atoms with E-state index in [-0.39, 0.29) is 29.6 Å². The highest BCUT2D eigenvalue weighted by molar-refractivity contribution is 6.06. The number of aromatic nitrogens is 3. The minimum atomic E-state index is -0.580. The second-order valence-electron chi connectivity index (χ2n) is 8.80. The number of rotatable bonds is 7. The average molecular weight is 525 g/mol. The molecule has 9 heteroatoms. The number of benzene rings is 3. The van der Waals surface area contributed by atoms with Crippen LogP contribution in [0.3, 0.4) is 0 Å². The molecule has 1 amide bonds. The molecule has 0 saturated heterocycles. The summed E-state index contributed by atoms with van der Waals surface area (Å²) in [4.78, 5) is 34.7. The number of hydrogen-bond donors (Lipinski definition) is 1. The zero-order chi connectivity index (χ0) is 27.5. The van der Waals surface area contributed by atoms with Crippen LogP contribution >= 0.6 is 0 Å². The van der Waals surface area contributed by atoms with Crippen LogP contribution in [0, 0.1) is 19.7 Å². The zero-order valence-corrected chi connectivity index (χ0v) is 21.6. The Balaban J connectivity index is 1.44.